The molecule has 1 aromatic carbocycles. The van der Waals surface area contributed by atoms with Crippen LogP contribution < -0.4 is 0 Å². The third-order valence-corrected chi connectivity index (χ3v) is 4.33. The van der Waals surface area contributed by atoms with Gasteiger partial charge in [-0.1, -0.05) is 28.1 Å². The molecule has 0 spiro atoms. The Morgan fingerprint density at radius 3 is 2.39 bits per heavy atom. The molecule has 2 fully saturated rings. The third kappa shape index (κ3) is 2.31. The van der Waals surface area contributed by atoms with Gasteiger partial charge in [0.05, 0.1) is 12.2 Å². The maximum atomic E-state index is 12.4. The Labute approximate surface area is 115 Å². The first-order valence-corrected chi connectivity index (χ1v) is 7.48. The summed E-state index contributed by atoms with van der Waals surface area (Å²) in [6, 6.07) is 7.82. The molecule has 2 heterocycles. The monoisotopic (exact) mass is 309 g/mol. The fourth-order valence-corrected chi connectivity index (χ4v) is 3.07. The lowest BCUT2D eigenvalue weighted by atomic mass is 10.1. The van der Waals surface area contributed by atoms with Crippen molar-refractivity contribution in [3.63, 3.8) is 0 Å². The van der Waals surface area contributed by atoms with E-state index in [-0.39, 0.29) is 18.1 Å². The number of rotatable bonds is 2. The van der Waals surface area contributed by atoms with Gasteiger partial charge in [0, 0.05) is 24.0 Å². The van der Waals surface area contributed by atoms with E-state index in [1.165, 1.54) is 5.56 Å². The van der Waals surface area contributed by atoms with Crippen molar-refractivity contribution in [2.75, 3.05) is 13.1 Å². The number of hydrogen-bond donors (Lipinski definition) is 0. The summed E-state index contributed by atoms with van der Waals surface area (Å²) in [5, 5.41) is 0.823. The van der Waals surface area contributed by atoms with Crippen LogP contribution in [-0.2, 0) is 10.1 Å². The topological polar surface area (TPSA) is 29.5 Å². The number of fused-ring (bicyclic) bond motifs is 2. The molecule has 2 unspecified atom stereocenters. The third-order valence-electron chi connectivity index (χ3n) is 3.69. The Hall–Kier alpha value is -0.870. The number of alkyl halides is 1. The molecule has 0 N–H and O–H groups in total. The summed E-state index contributed by atoms with van der Waals surface area (Å²) in [5.41, 5.74) is 1.97. The van der Waals surface area contributed by atoms with E-state index < -0.39 is 0 Å². The minimum atomic E-state index is 0.135. The van der Waals surface area contributed by atoms with Crippen molar-refractivity contribution in [1.29, 1.82) is 0 Å². The molecule has 0 aromatic heterocycles. The normalized spacial score (nSPS) is 26.4. The van der Waals surface area contributed by atoms with Gasteiger partial charge in [-0.15, -0.1) is 0 Å². The number of ether oxygens (including phenoxy) is 1. The maximum Gasteiger partial charge on any atom is 0.254 e. The Morgan fingerprint density at radius 1 is 1.22 bits per heavy atom. The predicted molar refractivity (Wildman–Crippen MR) is 72.9 cm³/mol. The van der Waals surface area contributed by atoms with Crippen LogP contribution >= 0.6 is 15.9 Å². The second kappa shape index (κ2) is 5.02. The summed E-state index contributed by atoms with van der Waals surface area (Å²) in [6.07, 6.45) is 2.71. The Bertz CT molecular complexity index is 434. The van der Waals surface area contributed by atoms with Gasteiger partial charge in [-0.3, -0.25) is 4.79 Å². The van der Waals surface area contributed by atoms with Crippen molar-refractivity contribution in [3.05, 3.63) is 35.4 Å². The molecule has 0 saturated carbocycles. The number of likely N-dealkylation sites (tertiary alicyclic amines) is 1. The minimum absolute atomic E-state index is 0.135. The zero-order chi connectivity index (χ0) is 12.5. The number of hydrogen-bond acceptors (Lipinski definition) is 2. The minimum Gasteiger partial charge on any atom is -0.371 e. The summed E-state index contributed by atoms with van der Waals surface area (Å²) in [4.78, 5) is 14.3. The first-order chi connectivity index (χ1) is 8.76. The van der Waals surface area contributed by atoms with Gasteiger partial charge in [0.1, 0.15) is 0 Å². The lowest BCUT2D eigenvalue weighted by Crippen LogP contribution is -2.45. The molecule has 3 rings (SSSR count). The van der Waals surface area contributed by atoms with Crippen LogP contribution in [0.15, 0.2) is 24.3 Å². The molecule has 2 aliphatic rings. The van der Waals surface area contributed by atoms with Gasteiger partial charge in [0.25, 0.3) is 5.91 Å². The number of halogens is 1. The molecule has 3 nitrogen and oxygen atoms in total. The lowest BCUT2D eigenvalue weighted by Gasteiger charge is -2.32. The van der Waals surface area contributed by atoms with E-state index in [9.17, 15) is 4.79 Å². The van der Waals surface area contributed by atoms with E-state index in [4.69, 9.17) is 4.74 Å². The van der Waals surface area contributed by atoms with Gasteiger partial charge >= 0.3 is 0 Å². The van der Waals surface area contributed by atoms with E-state index >= 15 is 0 Å². The number of morpholine rings is 1. The average Bonchev–Trinajstić information content (AvgIpc) is 2.77. The van der Waals surface area contributed by atoms with Crippen LogP contribution in [0.25, 0.3) is 0 Å². The van der Waals surface area contributed by atoms with Crippen LogP contribution in [-0.4, -0.2) is 36.1 Å². The van der Waals surface area contributed by atoms with Crippen LogP contribution in [0.4, 0.5) is 0 Å². The van der Waals surface area contributed by atoms with E-state index in [0.29, 0.717) is 0 Å². The van der Waals surface area contributed by atoms with Gasteiger partial charge in [0.2, 0.25) is 0 Å². The van der Waals surface area contributed by atoms with Crippen LogP contribution in [0, 0.1) is 0 Å². The van der Waals surface area contributed by atoms with Gasteiger partial charge in [-0.05, 0) is 30.5 Å². The molecule has 4 heteroatoms. The highest BCUT2D eigenvalue weighted by Crippen LogP contribution is 2.27. The van der Waals surface area contributed by atoms with Crippen molar-refractivity contribution in [1.82, 2.24) is 4.90 Å². The highest BCUT2D eigenvalue weighted by Gasteiger charge is 2.35. The van der Waals surface area contributed by atoms with Crippen LogP contribution in [0.1, 0.15) is 28.8 Å². The molecule has 2 saturated heterocycles. The molecule has 1 aromatic rings. The summed E-state index contributed by atoms with van der Waals surface area (Å²) in [6.45, 7) is 1.49. The molecular formula is C14H16BrNO2. The molecule has 1 amide bonds. The summed E-state index contributed by atoms with van der Waals surface area (Å²) in [5.74, 6) is 0.135. The Kier molecular flexibility index (Phi) is 3.39. The van der Waals surface area contributed by atoms with Crippen molar-refractivity contribution in [3.8, 4) is 0 Å². The van der Waals surface area contributed by atoms with Crippen molar-refractivity contribution in [2.24, 2.45) is 0 Å². The van der Waals surface area contributed by atoms with Gasteiger partial charge in [0.15, 0.2) is 0 Å². The van der Waals surface area contributed by atoms with E-state index in [2.05, 4.69) is 15.9 Å². The Morgan fingerprint density at radius 2 is 1.83 bits per heavy atom. The fourth-order valence-electron chi connectivity index (χ4n) is 2.70. The maximum absolute atomic E-state index is 12.4. The number of carbonyl (C=O) groups excluding carboxylic acids is 1. The molecule has 0 radical (unpaired) electrons. The van der Waals surface area contributed by atoms with Gasteiger partial charge < -0.3 is 9.64 Å². The fraction of sp³-hybridized carbons (Fsp3) is 0.500. The quantitative estimate of drug-likeness (QED) is 0.786. The first-order valence-electron chi connectivity index (χ1n) is 6.36. The van der Waals surface area contributed by atoms with Crippen molar-refractivity contribution in [2.45, 2.75) is 30.4 Å². The van der Waals surface area contributed by atoms with Crippen molar-refractivity contribution < 1.29 is 9.53 Å². The predicted octanol–water partition coefficient (Wildman–Crippen LogP) is 2.58. The van der Waals surface area contributed by atoms with Crippen LogP contribution in [0.5, 0.6) is 0 Å². The number of amides is 1. The van der Waals surface area contributed by atoms with Gasteiger partial charge in [-0.25, -0.2) is 0 Å². The van der Waals surface area contributed by atoms with Crippen LogP contribution in [0.2, 0.25) is 0 Å². The molecule has 0 aliphatic carbocycles. The van der Waals surface area contributed by atoms with Gasteiger partial charge in [-0.2, -0.15) is 0 Å². The molecule has 2 atom stereocenters. The highest BCUT2D eigenvalue weighted by molar-refractivity contribution is 9.08. The largest absolute Gasteiger partial charge is 0.371 e. The highest BCUT2D eigenvalue weighted by atomic mass is 79.9. The zero-order valence-corrected chi connectivity index (χ0v) is 11.7. The second-order valence-electron chi connectivity index (χ2n) is 5.00. The van der Waals surface area contributed by atoms with E-state index in [1.54, 1.807) is 0 Å². The number of nitrogens with zero attached hydrogens (tertiary/aromatic N) is 1. The standard InChI is InChI=1S/C14H16BrNO2/c15-7-10-1-3-11(4-2-10)14(17)16-8-12-5-6-13(9-16)18-12/h1-4,12-13H,5-9H2. The molecule has 2 aliphatic heterocycles. The summed E-state index contributed by atoms with van der Waals surface area (Å²) >= 11 is 3.41. The first kappa shape index (κ1) is 12.2. The second-order valence-corrected chi connectivity index (χ2v) is 5.56. The zero-order valence-electron chi connectivity index (χ0n) is 10.1. The molecule has 96 valence electrons. The van der Waals surface area contributed by atoms with Crippen molar-refractivity contribution >= 4 is 21.8 Å². The molecule has 18 heavy (non-hydrogen) atoms. The average molecular weight is 310 g/mol. The SMILES string of the molecule is O=C(c1ccc(CBr)cc1)N1CC2CCC(C1)O2. The smallest absolute Gasteiger partial charge is 0.254 e. The summed E-state index contributed by atoms with van der Waals surface area (Å²) in [7, 11) is 0. The lowest BCUT2D eigenvalue weighted by molar-refractivity contribution is -0.0303. The van der Waals surface area contributed by atoms with E-state index in [1.807, 2.05) is 29.2 Å². The molecular weight excluding hydrogens is 294 g/mol. The van der Waals surface area contributed by atoms with E-state index in [0.717, 1.165) is 36.8 Å². The molecule has 2 bridgehead atoms. The number of benzene rings is 1. The number of carbonyl (C=O) groups is 1. The Balaban J connectivity index is 1.73. The summed E-state index contributed by atoms with van der Waals surface area (Å²) < 4.78 is 5.75. The van der Waals surface area contributed by atoms with Crippen LogP contribution in [0.3, 0.4) is 0 Å².